The van der Waals surface area contributed by atoms with E-state index >= 15 is 0 Å². The van der Waals surface area contributed by atoms with Crippen molar-refractivity contribution in [3.05, 3.63) is 56.8 Å². The number of carbonyl (C=O) groups is 1. The molecule has 1 aromatic heterocycles. The third-order valence-electron chi connectivity index (χ3n) is 3.39. The van der Waals surface area contributed by atoms with E-state index in [-0.39, 0.29) is 6.04 Å². The molecule has 2 aromatic rings. The Bertz CT molecular complexity index is 619. The van der Waals surface area contributed by atoms with E-state index in [1.54, 1.807) is 23.5 Å². The van der Waals surface area contributed by atoms with Gasteiger partial charge in [-0.2, -0.15) is 0 Å². The number of aromatic carboxylic acids is 1. The maximum atomic E-state index is 11.2. The van der Waals surface area contributed by atoms with Crippen molar-refractivity contribution in [3.63, 3.8) is 0 Å². The molecule has 0 aliphatic heterocycles. The van der Waals surface area contributed by atoms with Crippen LogP contribution in [0.3, 0.4) is 0 Å². The van der Waals surface area contributed by atoms with E-state index in [9.17, 15) is 4.79 Å². The molecule has 0 aliphatic carbocycles. The van der Waals surface area contributed by atoms with Gasteiger partial charge in [0.15, 0.2) is 0 Å². The van der Waals surface area contributed by atoms with E-state index in [2.05, 4.69) is 32.2 Å². The van der Waals surface area contributed by atoms with E-state index in [0.717, 1.165) is 5.56 Å². The van der Waals surface area contributed by atoms with Gasteiger partial charge in [-0.05, 0) is 44.0 Å². The second kappa shape index (κ2) is 6.20. The first-order chi connectivity index (χ1) is 9.49. The van der Waals surface area contributed by atoms with Crippen molar-refractivity contribution in [2.45, 2.75) is 33.4 Å². The van der Waals surface area contributed by atoms with Crippen molar-refractivity contribution in [1.29, 1.82) is 0 Å². The molecule has 2 N–H and O–H groups in total. The second-order valence-corrected chi connectivity index (χ2v) is 6.39. The van der Waals surface area contributed by atoms with Gasteiger partial charge >= 0.3 is 5.97 Å². The van der Waals surface area contributed by atoms with E-state index in [1.807, 2.05) is 12.1 Å². The molecule has 0 radical (unpaired) electrons. The fourth-order valence-corrected chi connectivity index (χ4v) is 3.36. The number of hydrogen-bond donors (Lipinski definition) is 2. The molecule has 3 nitrogen and oxygen atoms in total. The lowest BCUT2D eigenvalue weighted by Gasteiger charge is -2.15. The lowest BCUT2D eigenvalue weighted by molar-refractivity contribution is 0.0695. The first-order valence-electron chi connectivity index (χ1n) is 6.60. The molecule has 1 unspecified atom stereocenters. The zero-order valence-electron chi connectivity index (χ0n) is 11.9. The molecule has 0 amide bonds. The number of aryl methyl sites for hydroxylation is 2. The van der Waals surface area contributed by atoms with Gasteiger partial charge in [-0.15, -0.1) is 11.3 Å². The first kappa shape index (κ1) is 14.8. The molecule has 4 heteroatoms. The largest absolute Gasteiger partial charge is 0.478 e. The summed E-state index contributed by atoms with van der Waals surface area (Å²) in [7, 11) is 0. The summed E-state index contributed by atoms with van der Waals surface area (Å²) < 4.78 is 0. The predicted molar refractivity (Wildman–Crippen MR) is 82.4 cm³/mol. The van der Waals surface area contributed by atoms with Gasteiger partial charge in [0.1, 0.15) is 0 Å². The summed E-state index contributed by atoms with van der Waals surface area (Å²) in [5.74, 6) is -0.877. The van der Waals surface area contributed by atoms with Crippen molar-refractivity contribution in [2.24, 2.45) is 0 Å². The number of thiophene rings is 1. The Labute approximate surface area is 123 Å². The minimum atomic E-state index is -0.877. The third-order valence-corrected chi connectivity index (χ3v) is 4.37. The Balaban J connectivity index is 2.09. The summed E-state index contributed by atoms with van der Waals surface area (Å²) in [5.41, 5.74) is 2.47. The molecule has 1 atom stereocenters. The molecule has 0 spiro atoms. The summed E-state index contributed by atoms with van der Waals surface area (Å²) >= 11 is 1.79. The van der Waals surface area contributed by atoms with E-state index in [1.165, 1.54) is 15.3 Å². The van der Waals surface area contributed by atoms with Gasteiger partial charge in [0.25, 0.3) is 0 Å². The molecule has 20 heavy (non-hydrogen) atoms. The quantitative estimate of drug-likeness (QED) is 0.877. The van der Waals surface area contributed by atoms with Crippen LogP contribution in [0.4, 0.5) is 0 Å². The van der Waals surface area contributed by atoms with Crippen LogP contribution in [0.25, 0.3) is 0 Å². The maximum absolute atomic E-state index is 11.2. The summed E-state index contributed by atoms with van der Waals surface area (Å²) in [4.78, 5) is 13.8. The number of rotatable bonds is 5. The highest BCUT2D eigenvalue weighted by Gasteiger charge is 2.13. The number of hydrogen-bond acceptors (Lipinski definition) is 3. The van der Waals surface area contributed by atoms with Crippen molar-refractivity contribution in [1.82, 2.24) is 5.32 Å². The van der Waals surface area contributed by atoms with Crippen LogP contribution in [0.1, 0.15) is 44.2 Å². The van der Waals surface area contributed by atoms with Crippen LogP contribution in [0.5, 0.6) is 0 Å². The molecule has 1 heterocycles. The highest BCUT2D eigenvalue weighted by atomic mass is 32.1. The molecule has 0 saturated carbocycles. The van der Waals surface area contributed by atoms with Crippen LogP contribution in [0, 0.1) is 13.8 Å². The normalized spacial score (nSPS) is 12.3. The molecule has 106 valence electrons. The van der Waals surface area contributed by atoms with Crippen LogP contribution in [0.15, 0.2) is 30.3 Å². The van der Waals surface area contributed by atoms with Crippen molar-refractivity contribution in [3.8, 4) is 0 Å². The molecule has 0 bridgehead atoms. The highest BCUT2D eigenvalue weighted by molar-refractivity contribution is 7.12. The predicted octanol–water partition coefficient (Wildman–Crippen LogP) is 3.91. The minimum absolute atomic E-state index is 0.210. The second-order valence-electron chi connectivity index (χ2n) is 4.93. The summed E-state index contributed by atoms with van der Waals surface area (Å²) in [6.07, 6.45) is 0. The first-order valence-corrected chi connectivity index (χ1v) is 7.42. The average molecular weight is 289 g/mol. The summed E-state index contributed by atoms with van der Waals surface area (Å²) in [6, 6.07) is 9.53. The molecular weight excluding hydrogens is 270 g/mol. The van der Waals surface area contributed by atoms with Gasteiger partial charge in [0, 0.05) is 22.3 Å². The van der Waals surface area contributed by atoms with Gasteiger partial charge < -0.3 is 10.4 Å². The van der Waals surface area contributed by atoms with Crippen molar-refractivity contribution in [2.75, 3.05) is 0 Å². The Hall–Kier alpha value is -1.65. The van der Waals surface area contributed by atoms with Crippen LogP contribution >= 0.6 is 11.3 Å². The molecule has 0 saturated heterocycles. The Morgan fingerprint density at radius 2 is 2.05 bits per heavy atom. The Morgan fingerprint density at radius 3 is 2.65 bits per heavy atom. The van der Waals surface area contributed by atoms with E-state index in [0.29, 0.717) is 12.1 Å². The van der Waals surface area contributed by atoms with Crippen molar-refractivity contribution < 1.29 is 9.90 Å². The van der Waals surface area contributed by atoms with Crippen LogP contribution in [0.2, 0.25) is 0 Å². The third kappa shape index (κ3) is 3.26. The number of benzene rings is 1. The Kier molecular flexibility index (Phi) is 4.57. The highest BCUT2D eigenvalue weighted by Crippen LogP contribution is 2.26. The van der Waals surface area contributed by atoms with Gasteiger partial charge in [-0.25, -0.2) is 4.79 Å². The van der Waals surface area contributed by atoms with E-state index < -0.39 is 5.97 Å². The lowest BCUT2D eigenvalue weighted by Crippen LogP contribution is -2.19. The number of nitrogens with one attached hydrogen (secondary N) is 1. The van der Waals surface area contributed by atoms with Gasteiger partial charge in [0.2, 0.25) is 0 Å². The average Bonchev–Trinajstić information content (AvgIpc) is 2.75. The topological polar surface area (TPSA) is 49.3 Å². The minimum Gasteiger partial charge on any atom is -0.478 e. The van der Waals surface area contributed by atoms with Crippen LogP contribution in [-0.4, -0.2) is 11.1 Å². The zero-order chi connectivity index (χ0) is 14.7. The molecule has 1 aromatic carbocycles. The molecule has 0 aliphatic rings. The molecule has 2 rings (SSSR count). The number of carboxylic acid groups (broad SMARTS) is 1. The smallest absolute Gasteiger partial charge is 0.336 e. The molecule has 0 fully saturated rings. The fraction of sp³-hybridized carbons (Fsp3) is 0.312. The Morgan fingerprint density at radius 1 is 1.35 bits per heavy atom. The van der Waals surface area contributed by atoms with Crippen LogP contribution in [-0.2, 0) is 6.54 Å². The SMILES string of the molecule is Cc1cc(C(C)NCc2ccccc2C(=O)O)c(C)s1. The van der Waals surface area contributed by atoms with Gasteiger partial charge in [-0.3, -0.25) is 0 Å². The zero-order valence-corrected chi connectivity index (χ0v) is 12.8. The summed E-state index contributed by atoms with van der Waals surface area (Å²) in [5, 5.41) is 12.6. The fourth-order valence-electron chi connectivity index (χ4n) is 2.34. The van der Waals surface area contributed by atoms with E-state index in [4.69, 9.17) is 5.11 Å². The number of carboxylic acids is 1. The summed E-state index contributed by atoms with van der Waals surface area (Å²) in [6.45, 7) is 6.89. The lowest BCUT2D eigenvalue weighted by atomic mass is 10.1. The van der Waals surface area contributed by atoms with Crippen molar-refractivity contribution >= 4 is 17.3 Å². The van der Waals surface area contributed by atoms with Gasteiger partial charge in [-0.1, -0.05) is 18.2 Å². The maximum Gasteiger partial charge on any atom is 0.336 e. The standard InChI is InChI=1S/C16H19NO2S/c1-10-8-15(12(3)20-10)11(2)17-9-13-6-4-5-7-14(13)16(18)19/h4-8,11,17H,9H2,1-3H3,(H,18,19). The van der Waals surface area contributed by atoms with Gasteiger partial charge in [0.05, 0.1) is 5.56 Å². The van der Waals surface area contributed by atoms with Crippen LogP contribution < -0.4 is 5.32 Å². The monoisotopic (exact) mass is 289 g/mol. The molecular formula is C16H19NO2S.